The third kappa shape index (κ3) is 18.2. The molecule has 0 aliphatic carbocycles. The van der Waals surface area contributed by atoms with Gasteiger partial charge in [0.15, 0.2) is 0 Å². The van der Waals surface area contributed by atoms with E-state index in [1.807, 2.05) is 13.8 Å². The maximum Gasteiger partial charge on any atom is 0.306 e. The van der Waals surface area contributed by atoms with E-state index in [9.17, 15) is 4.79 Å². The summed E-state index contributed by atoms with van der Waals surface area (Å²) in [7, 11) is 0. The SMILES string of the molecule is CCCCCCCCCCCCCC(=O)OC(C)C.[Ti]. The number of hydrogen-bond donors (Lipinski definition) is 0. The summed E-state index contributed by atoms with van der Waals surface area (Å²) in [5, 5.41) is 0. The van der Waals surface area contributed by atoms with Crippen molar-refractivity contribution >= 4 is 5.97 Å². The van der Waals surface area contributed by atoms with Gasteiger partial charge in [-0.05, 0) is 20.3 Å². The predicted octanol–water partition coefficient (Wildman–Crippen LogP) is 5.64. The zero-order valence-electron chi connectivity index (χ0n) is 13.9. The Balaban J connectivity index is 0. The molecule has 0 aliphatic rings. The molecule has 20 heavy (non-hydrogen) atoms. The summed E-state index contributed by atoms with van der Waals surface area (Å²) in [6, 6.07) is 0. The van der Waals surface area contributed by atoms with E-state index >= 15 is 0 Å². The van der Waals surface area contributed by atoms with E-state index in [2.05, 4.69) is 6.92 Å². The van der Waals surface area contributed by atoms with Crippen molar-refractivity contribution in [3.05, 3.63) is 0 Å². The van der Waals surface area contributed by atoms with Gasteiger partial charge in [0.2, 0.25) is 0 Å². The molecule has 0 aromatic rings. The van der Waals surface area contributed by atoms with Crippen molar-refractivity contribution in [2.24, 2.45) is 0 Å². The first-order chi connectivity index (χ1) is 9.16. The average Bonchev–Trinajstić information content (AvgIpc) is 2.35. The fourth-order valence-electron chi connectivity index (χ4n) is 2.26. The Kier molecular flexibility index (Phi) is 19.4. The molecule has 0 aromatic heterocycles. The number of rotatable bonds is 13. The van der Waals surface area contributed by atoms with Crippen molar-refractivity contribution in [2.75, 3.05) is 0 Å². The number of ether oxygens (including phenoxy) is 1. The van der Waals surface area contributed by atoms with Crippen LogP contribution in [0.3, 0.4) is 0 Å². The predicted molar refractivity (Wildman–Crippen MR) is 82.3 cm³/mol. The summed E-state index contributed by atoms with van der Waals surface area (Å²) < 4.78 is 5.10. The number of unbranched alkanes of at least 4 members (excludes halogenated alkanes) is 10. The molecular formula is C17H34O2Ti. The van der Waals surface area contributed by atoms with Gasteiger partial charge in [0.1, 0.15) is 0 Å². The topological polar surface area (TPSA) is 26.3 Å². The second kappa shape index (κ2) is 17.2. The molecule has 0 saturated carbocycles. The average molecular weight is 318 g/mol. The van der Waals surface area contributed by atoms with Crippen LogP contribution >= 0.6 is 0 Å². The maximum absolute atomic E-state index is 11.3. The first kappa shape index (κ1) is 22.5. The molecule has 0 aromatic carbocycles. The molecule has 0 aliphatic heterocycles. The molecule has 0 heterocycles. The molecule has 0 unspecified atom stereocenters. The number of carbonyl (C=O) groups is 1. The second-order valence-electron chi connectivity index (χ2n) is 5.82. The van der Waals surface area contributed by atoms with E-state index in [-0.39, 0.29) is 33.8 Å². The molecule has 0 spiro atoms. The van der Waals surface area contributed by atoms with E-state index in [0.717, 1.165) is 6.42 Å². The largest absolute Gasteiger partial charge is 0.463 e. The van der Waals surface area contributed by atoms with Gasteiger partial charge in [0.05, 0.1) is 6.10 Å². The van der Waals surface area contributed by atoms with Crippen LogP contribution in [-0.4, -0.2) is 12.1 Å². The Morgan fingerprint density at radius 2 is 1.20 bits per heavy atom. The van der Waals surface area contributed by atoms with Crippen LogP contribution < -0.4 is 0 Å². The van der Waals surface area contributed by atoms with Crippen LogP contribution in [0, 0.1) is 0 Å². The minimum absolute atomic E-state index is 0. The fraction of sp³-hybridized carbons (Fsp3) is 0.941. The molecule has 0 fully saturated rings. The van der Waals surface area contributed by atoms with Crippen LogP contribution in [0.4, 0.5) is 0 Å². The Morgan fingerprint density at radius 3 is 1.60 bits per heavy atom. The van der Waals surface area contributed by atoms with Crippen LogP contribution in [0.25, 0.3) is 0 Å². The van der Waals surface area contributed by atoms with E-state index < -0.39 is 0 Å². The maximum atomic E-state index is 11.3. The summed E-state index contributed by atoms with van der Waals surface area (Å²) in [6.07, 6.45) is 15.1. The number of esters is 1. The molecule has 0 atom stereocenters. The van der Waals surface area contributed by atoms with Gasteiger partial charge in [-0.2, -0.15) is 0 Å². The van der Waals surface area contributed by atoms with Crippen molar-refractivity contribution in [1.29, 1.82) is 0 Å². The molecule has 0 N–H and O–H groups in total. The standard InChI is InChI=1S/C17H34O2.Ti/c1-4-5-6-7-8-9-10-11-12-13-14-15-17(18)19-16(2)3;/h16H,4-15H2,1-3H3;. The zero-order valence-corrected chi connectivity index (χ0v) is 15.4. The van der Waals surface area contributed by atoms with Crippen molar-refractivity contribution in [3.63, 3.8) is 0 Å². The first-order valence-corrected chi connectivity index (χ1v) is 8.36. The van der Waals surface area contributed by atoms with E-state index in [0.29, 0.717) is 6.42 Å². The third-order valence-electron chi connectivity index (χ3n) is 3.35. The van der Waals surface area contributed by atoms with Gasteiger partial charge in [-0.25, -0.2) is 0 Å². The zero-order chi connectivity index (χ0) is 14.3. The molecule has 0 radical (unpaired) electrons. The van der Waals surface area contributed by atoms with Gasteiger partial charge >= 0.3 is 5.97 Å². The van der Waals surface area contributed by atoms with Crippen LogP contribution in [0.15, 0.2) is 0 Å². The van der Waals surface area contributed by atoms with Crippen molar-refractivity contribution in [1.82, 2.24) is 0 Å². The molecule has 0 saturated heterocycles. The van der Waals surface area contributed by atoms with Crippen molar-refractivity contribution in [3.8, 4) is 0 Å². The van der Waals surface area contributed by atoms with Crippen LogP contribution in [0.2, 0.25) is 0 Å². The minimum atomic E-state index is -0.0362. The molecular weight excluding hydrogens is 284 g/mol. The van der Waals surface area contributed by atoms with E-state index in [4.69, 9.17) is 4.74 Å². The van der Waals surface area contributed by atoms with Crippen molar-refractivity contribution < 1.29 is 31.2 Å². The van der Waals surface area contributed by atoms with Crippen LogP contribution in [0.1, 0.15) is 97.8 Å². The molecule has 0 rings (SSSR count). The number of carbonyl (C=O) groups excluding carboxylic acids is 1. The molecule has 0 bridgehead atoms. The van der Waals surface area contributed by atoms with Gasteiger partial charge in [-0.1, -0.05) is 71.1 Å². The van der Waals surface area contributed by atoms with E-state index in [1.165, 1.54) is 64.2 Å². The third-order valence-corrected chi connectivity index (χ3v) is 3.35. The Labute approximate surface area is 141 Å². The second-order valence-corrected chi connectivity index (χ2v) is 5.82. The summed E-state index contributed by atoms with van der Waals surface area (Å²) >= 11 is 0. The summed E-state index contributed by atoms with van der Waals surface area (Å²) in [6.45, 7) is 6.06. The molecule has 2 nitrogen and oxygen atoms in total. The Hall–Kier alpha value is 0.184. The van der Waals surface area contributed by atoms with Crippen molar-refractivity contribution in [2.45, 2.75) is 104 Å². The fourth-order valence-corrected chi connectivity index (χ4v) is 2.26. The van der Waals surface area contributed by atoms with Crippen LogP contribution in [0.5, 0.6) is 0 Å². The monoisotopic (exact) mass is 318 g/mol. The first-order valence-electron chi connectivity index (χ1n) is 8.36. The van der Waals surface area contributed by atoms with Gasteiger partial charge in [-0.15, -0.1) is 0 Å². The summed E-state index contributed by atoms with van der Waals surface area (Å²) in [5.41, 5.74) is 0. The van der Waals surface area contributed by atoms with Crippen LogP contribution in [-0.2, 0) is 31.2 Å². The smallest absolute Gasteiger partial charge is 0.306 e. The number of hydrogen-bond acceptors (Lipinski definition) is 2. The summed E-state index contributed by atoms with van der Waals surface area (Å²) in [5.74, 6) is -0.0362. The van der Waals surface area contributed by atoms with E-state index in [1.54, 1.807) is 0 Å². The van der Waals surface area contributed by atoms with Gasteiger partial charge < -0.3 is 4.74 Å². The molecule has 118 valence electrons. The normalized spacial score (nSPS) is 10.4. The van der Waals surface area contributed by atoms with Gasteiger partial charge in [0, 0.05) is 28.1 Å². The quantitative estimate of drug-likeness (QED) is 0.250. The molecule has 3 heteroatoms. The Morgan fingerprint density at radius 1 is 0.800 bits per heavy atom. The van der Waals surface area contributed by atoms with Gasteiger partial charge in [-0.3, -0.25) is 4.79 Å². The minimum Gasteiger partial charge on any atom is -0.463 e. The summed E-state index contributed by atoms with van der Waals surface area (Å²) in [4.78, 5) is 11.3. The Bertz CT molecular complexity index is 205. The van der Waals surface area contributed by atoms with Gasteiger partial charge in [0.25, 0.3) is 0 Å². The molecule has 0 amide bonds.